The maximum atomic E-state index is 13.6. The molecule has 216 valence electrons. The zero-order valence-electron chi connectivity index (χ0n) is 22.7. The van der Waals surface area contributed by atoms with E-state index in [0.29, 0.717) is 57.8 Å². The summed E-state index contributed by atoms with van der Waals surface area (Å²) < 4.78 is 9.25. The molecule has 1 amide bonds. The number of benzene rings is 1. The van der Waals surface area contributed by atoms with Crippen LogP contribution >= 0.6 is 34.7 Å². The van der Waals surface area contributed by atoms with Crippen LogP contribution in [0.5, 0.6) is 0 Å². The number of ether oxygens (including phenoxy) is 1. The van der Waals surface area contributed by atoms with E-state index < -0.39 is 5.91 Å². The molecule has 1 saturated heterocycles. The van der Waals surface area contributed by atoms with Crippen LogP contribution in [0.3, 0.4) is 0 Å². The van der Waals surface area contributed by atoms with Gasteiger partial charge in [-0.1, -0.05) is 59.0 Å². The van der Waals surface area contributed by atoms with E-state index in [4.69, 9.17) is 26.7 Å². The van der Waals surface area contributed by atoms with Crippen molar-refractivity contribution in [3.05, 3.63) is 86.2 Å². The Bertz CT molecular complexity index is 1920. The summed E-state index contributed by atoms with van der Waals surface area (Å²) in [4.78, 5) is 34.2. The van der Waals surface area contributed by atoms with Crippen LogP contribution in [0.4, 0.5) is 5.13 Å². The van der Waals surface area contributed by atoms with Crippen molar-refractivity contribution in [2.75, 3.05) is 38.2 Å². The summed E-state index contributed by atoms with van der Waals surface area (Å²) >= 11 is 8.96. The van der Waals surface area contributed by atoms with Gasteiger partial charge in [-0.15, -0.1) is 10.2 Å². The van der Waals surface area contributed by atoms with Gasteiger partial charge in [-0.25, -0.2) is 4.98 Å². The first-order valence-electron chi connectivity index (χ1n) is 13.3. The highest BCUT2D eigenvalue weighted by molar-refractivity contribution is 8.00. The zero-order valence-corrected chi connectivity index (χ0v) is 25.1. The number of halogens is 1. The molecule has 1 fully saturated rings. The summed E-state index contributed by atoms with van der Waals surface area (Å²) in [6.07, 6.45) is 1.66. The molecule has 1 aromatic carbocycles. The van der Waals surface area contributed by atoms with Crippen molar-refractivity contribution in [1.82, 2.24) is 29.0 Å². The Hall–Kier alpha value is -3.62. The normalized spacial score (nSPS) is 14.0. The van der Waals surface area contributed by atoms with Crippen molar-refractivity contribution in [2.24, 2.45) is 0 Å². The van der Waals surface area contributed by atoms with E-state index in [1.54, 1.807) is 16.8 Å². The molecular weight excluding hydrogens is 596 g/mol. The maximum absolute atomic E-state index is 13.6. The first-order chi connectivity index (χ1) is 20.4. The number of carbonyl (C=O) groups is 1. The molecule has 14 heteroatoms. The number of aryl methyl sites for hydroxylation is 1. The van der Waals surface area contributed by atoms with Gasteiger partial charge in [-0.05, 0) is 36.2 Å². The molecular formula is C28H27ClN8O3S2. The van der Waals surface area contributed by atoms with E-state index in [1.807, 2.05) is 37.3 Å². The predicted molar refractivity (Wildman–Crippen MR) is 164 cm³/mol. The van der Waals surface area contributed by atoms with Gasteiger partial charge in [0.15, 0.2) is 4.34 Å². The number of nitrogens with one attached hydrogen (secondary N) is 2. The highest BCUT2D eigenvalue weighted by atomic mass is 35.5. The number of hydrogen-bond donors (Lipinski definition) is 2. The number of aromatic nitrogens is 5. The van der Waals surface area contributed by atoms with Crippen LogP contribution in [0.25, 0.3) is 16.7 Å². The Labute approximate surface area is 253 Å². The molecule has 1 aliphatic rings. The second kappa shape index (κ2) is 12.3. The molecule has 0 saturated carbocycles. The molecule has 1 aliphatic heterocycles. The molecule has 11 nitrogen and oxygen atoms in total. The Morgan fingerprint density at radius 3 is 2.76 bits per heavy atom. The number of hydrogen-bond acceptors (Lipinski definition) is 10. The number of pyridine rings is 2. The number of fused-ring (bicyclic) bond motifs is 2. The monoisotopic (exact) mass is 622 g/mol. The fourth-order valence-corrected chi connectivity index (χ4v) is 6.82. The third-order valence-electron chi connectivity index (χ3n) is 7.06. The van der Waals surface area contributed by atoms with E-state index >= 15 is 0 Å². The molecule has 6 rings (SSSR count). The number of rotatable bonds is 8. The van der Waals surface area contributed by atoms with Crippen molar-refractivity contribution < 1.29 is 9.53 Å². The number of anilines is 1. The summed E-state index contributed by atoms with van der Waals surface area (Å²) in [5.74, 6) is 0.0617. The molecule has 5 aromatic rings. The Morgan fingerprint density at radius 1 is 1.14 bits per heavy atom. The van der Waals surface area contributed by atoms with Crippen molar-refractivity contribution in [2.45, 2.75) is 23.6 Å². The van der Waals surface area contributed by atoms with E-state index in [9.17, 15) is 9.59 Å². The van der Waals surface area contributed by atoms with Gasteiger partial charge in [0.25, 0.3) is 11.5 Å². The Balaban J connectivity index is 1.32. The highest BCUT2D eigenvalue weighted by Gasteiger charge is 2.20. The molecule has 0 unspecified atom stereocenters. The Morgan fingerprint density at radius 2 is 1.95 bits per heavy atom. The van der Waals surface area contributed by atoms with Crippen LogP contribution in [-0.4, -0.2) is 67.8 Å². The highest BCUT2D eigenvalue weighted by Crippen LogP contribution is 2.30. The van der Waals surface area contributed by atoms with Crippen molar-refractivity contribution in [3.8, 4) is 0 Å². The molecule has 0 spiro atoms. The first kappa shape index (κ1) is 28.5. The largest absolute Gasteiger partial charge is 0.379 e. The van der Waals surface area contributed by atoms with E-state index in [-0.39, 0.29) is 22.0 Å². The van der Waals surface area contributed by atoms with Crippen LogP contribution in [0.2, 0.25) is 5.02 Å². The van der Waals surface area contributed by atoms with Gasteiger partial charge in [0.05, 0.1) is 24.2 Å². The molecule has 5 heterocycles. The quantitative estimate of drug-likeness (QED) is 0.152. The van der Waals surface area contributed by atoms with Crippen molar-refractivity contribution in [1.29, 1.82) is 5.41 Å². The van der Waals surface area contributed by atoms with Crippen LogP contribution in [0.1, 0.15) is 21.5 Å². The Kier molecular flexibility index (Phi) is 8.36. The standard InChI is InChI=1S/C28H27ClN8O3S2/c1-17-5-4-8-37-23(17)31-24-20(26(37)39)15-19(22(30)36(24)10-9-35-11-13-40-14-12-35)25(38)32-27-33-34-28(42-27)41-16-18-6-2-3-7-21(18)29/h2-8,15,30H,9-14,16H2,1H3,(H,32,33,38). The number of amides is 1. The number of carbonyl (C=O) groups excluding carboxylic acids is 1. The zero-order chi connectivity index (χ0) is 29.2. The van der Waals surface area contributed by atoms with Gasteiger partial charge < -0.3 is 9.30 Å². The lowest BCUT2D eigenvalue weighted by molar-refractivity contribution is 0.0363. The lowest BCUT2D eigenvalue weighted by Gasteiger charge is -2.27. The van der Waals surface area contributed by atoms with Crippen LogP contribution in [0, 0.1) is 12.3 Å². The molecule has 0 aliphatic carbocycles. The predicted octanol–water partition coefficient (Wildman–Crippen LogP) is 3.82. The third kappa shape index (κ3) is 5.83. The maximum Gasteiger partial charge on any atom is 0.267 e. The fraction of sp³-hybridized carbons (Fsp3) is 0.286. The summed E-state index contributed by atoms with van der Waals surface area (Å²) in [6.45, 7) is 5.73. The minimum absolute atomic E-state index is 0.0315. The van der Waals surface area contributed by atoms with E-state index in [0.717, 1.165) is 24.2 Å². The molecule has 0 radical (unpaired) electrons. The van der Waals surface area contributed by atoms with Gasteiger partial charge in [0.2, 0.25) is 5.13 Å². The fourth-order valence-electron chi connectivity index (χ4n) is 4.79. The second-order valence-electron chi connectivity index (χ2n) is 9.76. The minimum atomic E-state index is -0.547. The van der Waals surface area contributed by atoms with E-state index in [1.165, 1.54) is 33.6 Å². The molecule has 42 heavy (non-hydrogen) atoms. The number of nitrogens with zero attached hydrogens (tertiary/aromatic N) is 6. The van der Waals surface area contributed by atoms with Gasteiger partial charge in [-0.2, -0.15) is 0 Å². The van der Waals surface area contributed by atoms with Gasteiger partial charge in [0.1, 0.15) is 16.8 Å². The SMILES string of the molecule is Cc1cccn2c(=O)c3cc(C(=O)Nc4nnc(SCc5ccccc5Cl)s4)c(=N)n(CCN4CCOCC4)c3nc12. The van der Waals surface area contributed by atoms with Crippen LogP contribution in [0.15, 0.2) is 57.8 Å². The lowest BCUT2D eigenvalue weighted by Crippen LogP contribution is -2.40. The summed E-state index contributed by atoms with van der Waals surface area (Å²) in [5.41, 5.74) is 2.42. The van der Waals surface area contributed by atoms with Crippen LogP contribution < -0.4 is 16.4 Å². The molecule has 2 N–H and O–H groups in total. The summed E-state index contributed by atoms with van der Waals surface area (Å²) in [6, 6.07) is 12.7. The summed E-state index contributed by atoms with van der Waals surface area (Å²) in [5, 5.41) is 21.3. The number of thioether (sulfide) groups is 1. The van der Waals surface area contributed by atoms with Gasteiger partial charge >= 0.3 is 0 Å². The van der Waals surface area contributed by atoms with Gasteiger partial charge in [-0.3, -0.25) is 29.6 Å². The third-order valence-corrected chi connectivity index (χ3v) is 9.45. The van der Waals surface area contributed by atoms with Gasteiger partial charge in [0, 0.05) is 43.2 Å². The second-order valence-corrected chi connectivity index (χ2v) is 12.4. The molecule has 0 bridgehead atoms. The first-order valence-corrected chi connectivity index (χ1v) is 15.5. The van der Waals surface area contributed by atoms with Crippen molar-refractivity contribution in [3.63, 3.8) is 0 Å². The summed E-state index contributed by atoms with van der Waals surface area (Å²) in [7, 11) is 0. The lowest BCUT2D eigenvalue weighted by atomic mass is 10.2. The smallest absolute Gasteiger partial charge is 0.267 e. The topological polar surface area (TPSA) is 130 Å². The minimum Gasteiger partial charge on any atom is -0.379 e. The molecule has 4 aromatic heterocycles. The van der Waals surface area contributed by atoms with Crippen LogP contribution in [-0.2, 0) is 17.0 Å². The van der Waals surface area contributed by atoms with Crippen molar-refractivity contribution >= 4 is 62.4 Å². The molecule has 0 atom stereocenters. The average Bonchev–Trinajstić information content (AvgIpc) is 3.44. The van der Waals surface area contributed by atoms with E-state index in [2.05, 4.69) is 20.4 Å². The average molecular weight is 623 g/mol. The number of morpholine rings is 1.